The molecule has 3 N–H and O–H groups in total. The summed E-state index contributed by atoms with van der Waals surface area (Å²) in [6.07, 6.45) is 1.54. The lowest BCUT2D eigenvalue weighted by molar-refractivity contribution is 0.102. The fourth-order valence-corrected chi connectivity index (χ4v) is 2.37. The summed E-state index contributed by atoms with van der Waals surface area (Å²) in [7, 11) is 0. The zero-order chi connectivity index (χ0) is 14.0. The summed E-state index contributed by atoms with van der Waals surface area (Å²) in [6.45, 7) is 6.22. The molecule has 19 heavy (non-hydrogen) atoms. The van der Waals surface area contributed by atoms with Crippen molar-refractivity contribution in [3.8, 4) is 0 Å². The Balaban J connectivity index is 2.16. The third kappa shape index (κ3) is 3.08. The van der Waals surface area contributed by atoms with Gasteiger partial charge in [-0.1, -0.05) is 20.8 Å². The van der Waals surface area contributed by atoms with Crippen molar-refractivity contribution in [1.82, 2.24) is 9.97 Å². The number of aromatic nitrogens is 2. The highest BCUT2D eigenvalue weighted by atomic mass is 32.1. The summed E-state index contributed by atoms with van der Waals surface area (Å²) in [5.74, 6) is -0.340. The Kier molecular flexibility index (Phi) is 3.53. The predicted molar refractivity (Wildman–Crippen MR) is 77.4 cm³/mol. The van der Waals surface area contributed by atoms with Crippen LogP contribution in [0.2, 0.25) is 0 Å². The number of nitrogen functional groups attached to an aromatic ring is 1. The van der Waals surface area contributed by atoms with Crippen LogP contribution in [0, 0.1) is 0 Å². The predicted octanol–water partition coefficient (Wildman–Crippen LogP) is 2.67. The highest BCUT2D eigenvalue weighted by Crippen LogP contribution is 2.26. The molecule has 0 atom stereocenters. The van der Waals surface area contributed by atoms with Crippen LogP contribution in [0.15, 0.2) is 23.7 Å². The minimum absolute atomic E-state index is 0.0382. The maximum absolute atomic E-state index is 12.0. The Labute approximate surface area is 115 Å². The van der Waals surface area contributed by atoms with Crippen LogP contribution in [0.4, 0.5) is 10.8 Å². The summed E-state index contributed by atoms with van der Waals surface area (Å²) in [6, 6.07) is 3.33. The zero-order valence-electron chi connectivity index (χ0n) is 11.1. The highest BCUT2D eigenvalue weighted by Gasteiger charge is 2.19. The summed E-state index contributed by atoms with van der Waals surface area (Å²) in [5, 5.41) is 5.21. The molecule has 2 aromatic heterocycles. The van der Waals surface area contributed by atoms with E-state index in [9.17, 15) is 4.79 Å². The van der Waals surface area contributed by atoms with Crippen LogP contribution in [0.1, 0.15) is 37.0 Å². The van der Waals surface area contributed by atoms with E-state index in [4.69, 9.17) is 5.73 Å². The fraction of sp³-hybridized carbons (Fsp3) is 0.308. The Hall–Kier alpha value is -1.95. The highest BCUT2D eigenvalue weighted by molar-refractivity contribution is 7.14. The standard InChI is InChI=1S/C13H16N4OS/c1-13(2,3)9-7-19-12(16-9)17-11(18)10-8(14)5-4-6-15-10/h4-7H,14H2,1-3H3,(H,16,17,18). The molecule has 1 amide bonds. The SMILES string of the molecule is CC(C)(C)c1csc(NC(=O)c2ncccc2N)n1. The molecule has 0 aliphatic rings. The van der Waals surface area contributed by atoms with Crippen molar-refractivity contribution in [1.29, 1.82) is 0 Å². The molecule has 0 aliphatic carbocycles. The number of thiazole rings is 1. The van der Waals surface area contributed by atoms with Crippen molar-refractivity contribution in [2.45, 2.75) is 26.2 Å². The second-order valence-corrected chi connectivity index (χ2v) is 6.04. The van der Waals surface area contributed by atoms with Gasteiger partial charge in [0.2, 0.25) is 0 Å². The number of carbonyl (C=O) groups is 1. The number of carbonyl (C=O) groups excluding carboxylic acids is 1. The number of rotatable bonds is 2. The van der Waals surface area contributed by atoms with Crippen molar-refractivity contribution in [2.24, 2.45) is 0 Å². The third-order valence-corrected chi connectivity index (χ3v) is 3.30. The summed E-state index contributed by atoms with van der Waals surface area (Å²) in [5.41, 5.74) is 7.19. The van der Waals surface area contributed by atoms with Gasteiger partial charge >= 0.3 is 0 Å². The molecule has 0 spiro atoms. The lowest BCUT2D eigenvalue weighted by Gasteiger charge is -2.14. The molecule has 5 nitrogen and oxygen atoms in total. The van der Waals surface area contributed by atoms with Crippen molar-refractivity contribution in [3.63, 3.8) is 0 Å². The molecular formula is C13H16N4OS. The van der Waals surface area contributed by atoms with Gasteiger partial charge in [0.1, 0.15) is 0 Å². The lowest BCUT2D eigenvalue weighted by Crippen LogP contribution is -2.16. The van der Waals surface area contributed by atoms with E-state index in [2.05, 4.69) is 36.1 Å². The number of nitrogens with two attached hydrogens (primary N) is 1. The molecule has 2 aromatic rings. The van der Waals surface area contributed by atoms with Crippen molar-refractivity contribution >= 4 is 28.1 Å². The molecule has 0 aromatic carbocycles. The average molecular weight is 276 g/mol. The molecule has 0 radical (unpaired) electrons. The minimum atomic E-state index is -0.340. The topological polar surface area (TPSA) is 80.9 Å². The van der Waals surface area contributed by atoms with Crippen LogP contribution in [-0.2, 0) is 5.41 Å². The first kappa shape index (κ1) is 13.5. The molecule has 6 heteroatoms. The van der Waals surface area contributed by atoms with E-state index in [1.807, 2.05) is 5.38 Å². The number of hydrogen-bond donors (Lipinski definition) is 2. The maximum Gasteiger partial charge on any atom is 0.278 e. The van der Waals surface area contributed by atoms with E-state index in [1.54, 1.807) is 12.1 Å². The van der Waals surface area contributed by atoms with Gasteiger partial charge in [-0.3, -0.25) is 10.1 Å². The quantitative estimate of drug-likeness (QED) is 0.883. The Morgan fingerprint density at radius 2 is 2.16 bits per heavy atom. The minimum Gasteiger partial charge on any atom is -0.397 e. The van der Waals surface area contributed by atoms with Gasteiger partial charge < -0.3 is 5.73 Å². The number of anilines is 2. The van der Waals surface area contributed by atoms with Gasteiger partial charge in [0.15, 0.2) is 10.8 Å². The van der Waals surface area contributed by atoms with E-state index >= 15 is 0 Å². The first-order chi connectivity index (χ1) is 8.88. The van der Waals surface area contributed by atoms with Gasteiger partial charge in [-0.15, -0.1) is 11.3 Å². The monoisotopic (exact) mass is 276 g/mol. The molecule has 0 saturated carbocycles. The maximum atomic E-state index is 12.0. The van der Waals surface area contributed by atoms with Crippen LogP contribution < -0.4 is 11.1 Å². The summed E-state index contributed by atoms with van der Waals surface area (Å²) < 4.78 is 0. The number of nitrogens with one attached hydrogen (secondary N) is 1. The Morgan fingerprint density at radius 3 is 2.74 bits per heavy atom. The van der Waals surface area contributed by atoms with E-state index in [-0.39, 0.29) is 17.0 Å². The fourth-order valence-electron chi connectivity index (χ4n) is 1.44. The van der Waals surface area contributed by atoms with Crippen LogP contribution in [0.25, 0.3) is 0 Å². The van der Waals surface area contributed by atoms with Crippen LogP contribution in [-0.4, -0.2) is 15.9 Å². The molecule has 0 fully saturated rings. The molecule has 0 saturated heterocycles. The second-order valence-electron chi connectivity index (χ2n) is 5.18. The Morgan fingerprint density at radius 1 is 1.42 bits per heavy atom. The number of hydrogen-bond acceptors (Lipinski definition) is 5. The molecule has 2 heterocycles. The van der Waals surface area contributed by atoms with Crippen molar-refractivity contribution in [3.05, 3.63) is 35.1 Å². The van der Waals surface area contributed by atoms with Crippen LogP contribution in [0.5, 0.6) is 0 Å². The number of pyridine rings is 1. The molecule has 0 bridgehead atoms. The van der Waals surface area contributed by atoms with Crippen molar-refractivity contribution < 1.29 is 4.79 Å². The van der Waals surface area contributed by atoms with Gasteiger partial charge in [0, 0.05) is 17.0 Å². The van der Waals surface area contributed by atoms with E-state index in [0.29, 0.717) is 10.8 Å². The summed E-state index contributed by atoms with van der Waals surface area (Å²) >= 11 is 1.39. The molecule has 0 unspecified atom stereocenters. The van der Waals surface area contributed by atoms with E-state index < -0.39 is 0 Å². The summed E-state index contributed by atoms with van der Waals surface area (Å²) in [4.78, 5) is 20.4. The van der Waals surface area contributed by atoms with Gasteiger partial charge in [0.25, 0.3) is 5.91 Å². The van der Waals surface area contributed by atoms with Gasteiger partial charge in [-0.2, -0.15) is 0 Å². The number of amides is 1. The van der Waals surface area contributed by atoms with Gasteiger partial charge in [0.05, 0.1) is 11.4 Å². The zero-order valence-corrected chi connectivity index (χ0v) is 11.9. The smallest absolute Gasteiger partial charge is 0.278 e. The van der Waals surface area contributed by atoms with E-state index in [0.717, 1.165) is 5.69 Å². The van der Waals surface area contributed by atoms with E-state index in [1.165, 1.54) is 17.5 Å². The van der Waals surface area contributed by atoms with Crippen LogP contribution in [0.3, 0.4) is 0 Å². The molecule has 2 rings (SSSR count). The molecule has 0 aliphatic heterocycles. The lowest BCUT2D eigenvalue weighted by atomic mass is 9.93. The van der Waals surface area contributed by atoms with Gasteiger partial charge in [-0.05, 0) is 12.1 Å². The van der Waals surface area contributed by atoms with Gasteiger partial charge in [-0.25, -0.2) is 9.97 Å². The Bertz CT molecular complexity index is 601. The molecular weight excluding hydrogens is 260 g/mol. The first-order valence-corrected chi connectivity index (χ1v) is 6.74. The largest absolute Gasteiger partial charge is 0.397 e. The average Bonchev–Trinajstić information content (AvgIpc) is 2.77. The van der Waals surface area contributed by atoms with Crippen molar-refractivity contribution in [2.75, 3.05) is 11.1 Å². The van der Waals surface area contributed by atoms with Crippen LogP contribution >= 0.6 is 11.3 Å². The first-order valence-electron chi connectivity index (χ1n) is 5.86. The normalized spacial score (nSPS) is 11.3. The number of nitrogens with zero attached hydrogens (tertiary/aromatic N) is 2. The molecule has 100 valence electrons. The third-order valence-electron chi connectivity index (χ3n) is 2.55. The second kappa shape index (κ2) is 4.97.